The fourth-order valence-electron chi connectivity index (χ4n) is 3.07. The van der Waals surface area contributed by atoms with E-state index in [-0.39, 0.29) is 18.5 Å². The van der Waals surface area contributed by atoms with Gasteiger partial charge in [0, 0.05) is 6.54 Å². The Kier molecular flexibility index (Phi) is 5.35. The molecule has 0 saturated carbocycles. The Balaban J connectivity index is 1.76. The van der Waals surface area contributed by atoms with Crippen LogP contribution in [0.4, 0.5) is 16.2 Å². The molecule has 2 aromatic carbocycles. The molecular formula is C21H21FN6O. The molecule has 1 unspecified atom stereocenters. The van der Waals surface area contributed by atoms with Gasteiger partial charge in [0.15, 0.2) is 5.65 Å². The molecule has 8 heteroatoms. The molecule has 0 amide bonds. The van der Waals surface area contributed by atoms with E-state index in [1.165, 1.54) is 12.1 Å². The molecule has 4 rings (SSSR count). The number of hydrogen-bond donors (Lipinski definition) is 3. The Bertz CT molecular complexity index is 1100. The molecule has 0 fully saturated rings. The van der Waals surface area contributed by atoms with Gasteiger partial charge in [0.05, 0.1) is 29.9 Å². The Morgan fingerprint density at radius 3 is 2.55 bits per heavy atom. The number of anilines is 2. The van der Waals surface area contributed by atoms with E-state index in [9.17, 15) is 9.50 Å². The molecule has 1 atom stereocenters. The molecule has 4 aromatic rings. The number of aliphatic hydroxyl groups excluding tert-OH is 1. The molecule has 0 aliphatic carbocycles. The second-order valence-corrected chi connectivity index (χ2v) is 6.59. The predicted molar refractivity (Wildman–Crippen MR) is 111 cm³/mol. The molecule has 0 spiro atoms. The summed E-state index contributed by atoms with van der Waals surface area (Å²) in [5.74, 6) is 0.683. The summed E-state index contributed by atoms with van der Waals surface area (Å²) in [5.41, 5.74) is 2.37. The number of hydrogen-bond acceptors (Lipinski definition) is 6. The number of nitrogens with one attached hydrogen (secondary N) is 2. The van der Waals surface area contributed by atoms with Crippen molar-refractivity contribution in [3.8, 4) is 5.69 Å². The summed E-state index contributed by atoms with van der Waals surface area (Å²) in [4.78, 5) is 9.22. The maximum absolute atomic E-state index is 13.3. The van der Waals surface area contributed by atoms with Crippen molar-refractivity contribution < 1.29 is 9.50 Å². The fraction of sp³-hybridized carbons (Fsp3) is 0.190. The van der Waals surface area contributed by atoms with Crippen molar-refractivity contribution in [3.63, 3.8) is 0 Å². The number of aliphatic hydroxyl groups is 1. The van der Waals surface area contributed by atoms with Crippen molar-refractivity contribution in [2.75, 3.05) is 23.8 Å². The fourth-order valence-corrected chi connectivity index (χ4v) is 3.07. The quantitative estimate of drug-likeness (QED) is 0.446. The minimum Gasteiger partial charge on any atom is -0.395 e. The predicted octanol–water partition coefficient (Wildman–Crippen LogP) is 3.53. The maximum Gasteiger partial charge on any atom is 0.227 e. The first-order chi connectivity index (χ1) is 14.2. The highest BCUT2D eigenvalue weighted by Crippen LogP contribution is 2.26. The molecule has 2 aromatic heterocycles. The van der Waals surface area contributed by atoms with Crippen LogP contribution in [0.5, 0.6) is 0 Å². The van der Waals surface area contributed by atoms with Crippen LogP contribution < -0.4 is 10.6 Å². The Morgan fingerprint density at radius 1 is 1.07 bits per heavy atom. The van der Waals surface area contributed by atoms with E-state index in [4.69, 9.17) is 0 Å². The highest BCUT2D eigenvalue weighted by atomic mass is 19.1. The van der Waals surface area contributed by atoms with Crippen molar-refractivity contribution in [3.05, 3.63) is 72.2 Å². The van der Waals surface area contributed by atoms with Gasteiger partial charge in [-0.15, -0.1) is 0 Å². The van der Waals surface area contributed by atoms with Crippen LogP contribution in [0.2, 0.25) is 0 Å². The van der Waals surface area contributed by atoms with Crippen LogP contribution in [-0.2, 0) is 0 Å². The standard InChI is InChI=1S/C21H21FN6O/c1-14(15-5-3-2-4-6-15)25-21-26-19(23-11-12-29)18-13-24-28(20(18)27-21)17-9-7-16(22)8-10-17/h2-10,13-14,29H,11-12H2,1H3,(H2,23,25,26,27). The lowest BCUT2D eigenvalue weighted by Crippen LogP contribution is -2.13. The van der Waals surface area contributed by atoms with Gasteiger partial charge in [-0.05, 0) is 36.8 Å². The van der Waals surface area contributed by atoms with Crippen molar-refractivity contribution >= 4 is 22.8 Å². The second-order valence-electron chi connectivity index (χ2n) is 6.59. The van der Waals surface area contributed by atoms with E-state index in [0.717, 1.165) is 5.56 Å². The molecule has 0 radical (unpaired) electrons. The minimum absolute atomic E-state index is 0.0125. The van der Waals surface area contributed by atoms with Gasteiger partial charge in [-0.1, -0.05) is 30.3 Å². The lowest BCUT2D eigenvalue weighted by atomic mass is 10.1. The van der Waals surface area contributed by atoms with Crippen LogP contribution in [0.1, 0.15) is 18.5 Å². The first-order valence-corrected chi connectivity index (χ1v) is 9.33. The van der Waals surface area contributed by atoms with Crippen molar-refractivity contribution in [2.24, 2.45) is 0 Å². The first-order valence-electron chi connectivity index (χ1n) is 9.33. The molecule has 148 valence electrons. The lowest BCUT2D eigenvalue weighted by molar-refractivity contribution is 0.311. The van der Waals surface area contributed by atoms with Crippen LogP contribution in [0, 0.1) is 5.82 Å². The number of halogens is 1. The summed E-state index contributed by atoms with van der Waals surface area (Å²) >= 11 is 0. The van der Waals surface area contributed by atoms with E-state index in [0.29, 0.717) is 35.0 Å². The van der Waals surface area contributed by atoms with Crippen molar-refractivity contribution in [2.45, 2.75) is 13.0 Å². The highest BCUT2D eigenvalue weighted by molar-refractivity contribution is 5.88. The summed E-state index contributed by atoms with van der Waals surface area (Å²) in [7, 11) is 0. The number of aromatic nitrogens is 4. The van der Waals surface area contributed by atoms with Gasteiger partial charge in [-0.25, -0.2) is 9.07 Å². The molecular weight excluding hydrogens is 371 g/mol. The van der Waals surface area contributed by atoms with Gasteiger partial charge in [0.25, 0.3) is 0 Å². The monoisotopic (exact) mass is 392 g/mol. The summed E-state index contributed by atoms with van der Waals surface area (Å²) < 4.78 is 15.0. The zero-order valence-electron chi connectivity index (χ0n) is 15.9. The van der Waals surface area contributed by atoms with Gasteiger partial charge in [0.1, 0.15) is 11.6 Å². The van der Waals surface area contributed by atoms with E-state index < -0.39 is 0 Å². The molecule has 0 aliphatic heterocycles. The van der Waals surface area contributed by atoms with Gasteiger partial charge in [-0.3, -0.25) is 0 Å². The summed E-state index contributed by atoms with van der Waals surface area (Å²) in [6.45, 7) is 2.35. The average molecular weight is 392 g/mol. The molecule has 3 N–H and O–H groups in total. The van der Waals surface area contributed by atoms with Gasteiger partial charge >= 0.3 is 0 Å². The molecule has 0 aliphatic rings. The van der Waals surface area contributed by atoms with Crippen molar-refractivity contribution in [1.82, 2.24) is 19.7 Å². The van der Waals surface area contributed by atoms with E-state index in [1.807, 2.05) is 37.3 Å². The Morgan fingerprint density at radius 2 is 1.83 bits per heavy atom. The Labute approximate surface area is 167 Å². The third-order valence-corrected chi connectivity index (χ3v) is 4.55. The molecule has 0 saturated heterocycles. The molecule has 0 bridgehead atoms. The second kappa shape index (κ2) is 8.24. The van der Waals surface area contributed by atoms with Crippen molar-refractivity contribution in [1.29, 1.82) is 0 Å². The SMILES string of the molecule is CC(Nc1nc(NCCO)c2cnn(-c3ccc(F)cc3)c2n1)c1ccccc1. The van der Waals surface area contributed by atoms with Crippen LogP contribution in [0.25, 0.3) is 16.7 Å². The summed E-state index contributed by atoms with van der Waals surface area (Å²) in [5, 5.41) is 20.7. The zero-order valence-corrected chi connectivity index (χ0v) is 15.9. The number of rotatable bonds is 7. The maximum atomic E-state index is 13.3. The van der Waals surface area contributed by atoms with Crippen LogP contribution in [0.15, 0.2) is 60.8 Å². The molecule has 7 nitrogen and oxygen atoms in total. The van der Waals surface area contributed by atoms with E-state index >= 15 is 0 Å². The van der Waals surface area contributed by atoms with Gasteiger partial charge in [-0.2, -0.15) is 15.1 Å². The third kappa shape index (κ3) is 4.02. The smallest absolute Gasteiger partial charge is 0.227 e. The van der Waals surface area contributed by atoms with Gasteiger partial charge in [0.2, 0.25) is 5.95 Å². The average Bonchev–Trinajstić information content (AvgIpc) is 3.17. The summed E-state index contributed by atoms with van der Waals surface area (Å²) in [6.07, 6.45) is 1.66. The molecule has 29 heavy (non-hydrogen) atoms. The number of fused-ring (bicyclic) bond motifs is 1. The minimum atomic E-state index is -0.316. The normalized spacial score (nSPS) is 12.1. The first kappa shape index (κ1) is 18.8. The van der Waals surface area contributed by atoms with Crippen LogP contribution >= 0.6 is 0 Å². The lowest BCUT2D eigenvalue weighted by Gasteiger charge is -2.16. The summed E-state index contributed by atoms with van der Waals surface area (Å²) in [6, 6.07) is 16.0. The van der Waals surface area contributed by atoms with E-state index in [1.54, 1.807) is 23.0 Å². The Hall–Kier alpha value is -3.52. The zero-order chi connectivity index (χ0) is 20.2. The highest BCUT2D eigenvalue weighted by Gasteiger charge is 2.15. The van der Waals surface area contributed by atoms with Gasteiger partial charge < -0.3 is 15.7 Å². The largest absolute Gasteiger partial charge is 0.395 e. The number of nitrogens with zero attached hydrogens (tertiary/aromatic N) is 4. The third-order valence-electron chi connectivity index (χ3n) is 4.55. The van der Waals surface area contributed by atoms with Crippen LogP contribution in [0.3, 0.4) is 0 Å². The molecule has 2 heterocycles. The van der Waals surface area contributed by atoms with Crippen LogP contribution in [-0.4, -0.2) is 38.0 Å². The van der Waals surface area contributed by atoms with E-state index in [2.05, 4.69) is 25.7 Å². The topological polar surface area (TPSA) is 87.9 Å². The number of benzene rings is 2.